The number of aryl methyl sites for hydroxylation is 2. The van der Waals surface area contributed by atoms with Crippen molar-refractivity contribution in [1.82, 2.24) is 15.0 Å². The Bertz CT molecular complexity index is 563. The van der Waals surface area contributed by atoms with Crippen LogP contribution in [-0.2, 0) is 13.5 Å². The fourth-order valence-corrected chi connectivity index (χ4v) is 1.80. The van der Waals surface area contributed by atoms with Crippen molar-refractivity contribution in [2.75, 3.05) is 0 Å². The summed E-state index contributed by atoms with van der Waals surface area (Å²) in [5.74, 6) is 0.00509. The lowest BCUT2D eigenvalue weighted by molar-refractivity contribution is 0.0991. The molecule has 0 aliphatic carbocycles. The number of halogens is 1. The lowest BCUT2D eigenvalue weighted by Crippen LogP contribution is -2.06. The van der Waals surface area contributed by atoms with Gasteiger partial charge in [0.05, 0.1) is 12.1 Å². The summed E-state index contributed by atoms with van der Waals surface area (Å²) in [6.45, 7) is 1.89. The minimum Gasteiger partial charge on any atom is -0.294 e. The maximum atomic E-state index is 12.1. The molecule has 0 aliphatic rings. The summed E-state index contributed by atoms with van der Waals surface area (Å²) in [6, 6.07) is 5.30. The Morgan fingerprint density at radius 3 is 2.88 bits per heavy atom. The second kappa shape index (κ2) is 4.67. The van der Waals surface area contributed by atoms with E-state index >= 15 is 0 Å². The molecule has 1 aromatic heterocycles. The number of Topliss-reactive ketones (excluding diaryl/α,β-unsaturated/α-hetero) is 1. The minimum absolute atomic E-state index is 0.00509. The van der Waals surface area contributed by atoms with E-state index in [4.69, 9.17) is 11.6 Å². The Kier molecular flexibility index (Phi) is 3.24. The highest BCUT2D eigenvalue weighted by Gasteiger charge is 2.12. The predicted molar refractivity (Wildman–Crippen MR) is 65.2 cm³/mol. The van der Waals surface area contributed by atoms with Crippen molar-refractivity contribution in [3.63, 3.8) is 0 Å². The first kappa shape index (κ1) is 11.8. The van der Waals surface area contributed by atoms with Gasteiger partial charge in [0.1, 0.15) is 0 Å². The first-order valence-electron chi connectivity index (χ1n) is 5.21. The predicted octanol–water partition coefficient (Wildman–Crippen LogP) is 2.20. The Morgan fingerprint density at radius 2 is 2.24 bits per heavy atom. The van der Waals surface area contributed by atoms with E-state index in [9.17, 15) is 4.79 Å². The molecule has 0 bridgehead atoms. The van der Waals surface area contributed by atoms with Crippen LogP contribution in [0.5, 0.6) is 0 Å². The molecule has 0 spiro atoms. The number of benzene rings is 1. The molecule has 4 nitrogen and oxygen atoms in total. The van der Waals surface area contributed by atoms with Gasteiger partial charge in [-0.3, -0.25) is 9.48 Å². The summed E-state index contributed by atoms with van der Waals surface area (Å²) in [5.41, 5.74) is 2.23. The Morgan fingerprint density at radius 1 is 1.47 bits per heavy atom. The van der Waals surface area contributed by atoms with Gasteiger partial charge < -0.3 is 0 Å². The Balaban J connectivity index is 2.22. The van der Waals surface area contributed by atoms with Gasteiger partial charge in [0.15, 0.2) is 5.78 Å². The number of hydrogen-bond acceptors (Lipinski definition) is 3. The molecule has 2 aromatic rings. The van der Waals surface area contributed by atoms with Crippen LogP contribution >= 0.6 is 11.6 Å². The van der Waals surface area contributed by atoms with E-state index in [0.717, 1.165) is 5.56 Å². The molecule has 0 aliphatic heterocycles. The van der Waals surface area contributed by atoms with Gasteiger partial charge in [-0.15, -0.1) is 5.10 Å². The zero-order valence-electron chi connectivity index (χ0n) is 9.64. The molecule has 0 saturated carbocycles. The number of carbonyl (C=O) groups is 1. The lowest BCUT2D eigenvalue weighted by atomic mass is 10.0. The lowest BCUT2D eigenvalue weighted by Gasteiger charge is -2.03. The smallest absolute Gasteiger partial charge is 0.169 e. The van der Waals surface area contributed by atoms with Gasteiger partial charge in [-0.2, -0.15) is 0 Å². The van der Waals surface area contributed by atoms with Crippen molar-refractivity contribution < 1.29 is 4.79 Å². The third-order valence-corrected chi connectivity index (χ3v) is 2.73. The monoisotopic (exact) mass is 249 g/mol. The van der Waals surface area contributed by atoms with Crippen LogP contribution in [0.4, 0.5) is 0 Å². The van der Waals surface area contributed by atoms with Crippen LogP contribution in [-0.4, -0.2) is 20.8 Å². The Hall–Kier alpha value is -1.68. The third kappa shape index (κ3) is 2.71. The van der Waals surface area contributed by atoms with E-state index in [-0.39, 0.29) is 12.2 Å². The maximum Gasteiger partial charge on any atom is 0.169 e. The average Bonchev–Trinajstić information content (AvgIpc) is 2.67. The zero-order valence-corrected chi connectivity index (χ0v) is 10.4. The van der Waals surface area contributed by atoms with Crippen molar-refractivity contribution >= 4 is 17.4 Å². The number of aromatic nitrogens is 3. The highest BCUT2D eigenvalue weighted by molar-refractivity contribution is 6.31. The van der Waals surface area contributed by atoms with Crippen LogP contribution < -0.4 is 0 Å². The molecule has 0 fully saturated rings. The van der Waals surface area contributed by atoms with Crippen molar-refractivity contribution in [1.29, 1.82) is 0 Å². The molecular formula is C12H12ClN3O. The van der Waals surface area contributed by atoms with Gasteiger partial charge in [-0.05, 0) is 24.6 Å². The summed E-state index contributed by atoms with van der Waals surface area (Å²) in [4.78, 5) is 12.1. The number of ketones is 1. The summed E-state index contributed by atoms with van der Waals surface area (Å²) >= 11 is 5.88. The van der Waals surface area contributed by atoms with Gasteiger partial charge in [0, 0.05) is 23.8 Å². The first-order chi connectivity index (χ1) is 8.06. The highest BCUT2D eigenvalue weighted by Crippen LogP contribution is 2.17. The summed E-state index contributed by atoms with van der Waals surface area (Å²) in [5, 5.41) is 8.25. The van der Waals surface area contributed by atoms with Crippen molar-refractivity contribution in [3.05, 3.63) is 46.2 Å². The van der Waals surface area contributed by atoms with Crippen molar-refractivity contribution in [3.8, 4) is 0 Å². The van der Waals surface area contributed by atoms with Gasteiger partial charge >= 0.3 is 0 Å². The van der Waals surface area contributed by atoms with Crippen LogP contribution in [0.3, 0.4) is 0 Å². The van der Waals surface area contributed by atoms with Crippen LogP contribution in [0.1, 0.15) is 21.6 Å². The maximum absolute atomic E-state index is 12.1. The van der Waals surface area contributed by atoms with Crippen molar-refractivity contribution in [2.45, 2.75) is 13.3 Å². The fraction of sp³-hybridized carbons (Fsp3) is 0.250. The van der Waals surface area contributed by atoms with Gasteiger partial charge in [0.25, 0.3) is 0 Å². The van der Waals surface area contributed by atoms with Crippen molar-refractivity contribution in [2.24, 2.45) is 7.05 Å². The van der Waals surface area contributed by atoms with Gasteiger partial charge in [0.2, 0.25) is 0 Å². The molecule has 0 N–H and O–H groups in total. The van der Waals surface area contributed by atoms with Crippen LogP contribution in [0.25, 0.3) is 0 Å². The molecule has 0 amide bonds. The van der Waals surface area contributed by atoms with E-state index in [1.807, 2.05) is 13.0 Å². The molecule has 2 rings (SSSR count). The average molecular weight is 250 g/mol. The zero-order chi connectivity index (χ0) is 12.4. The molecule has 0 saturated heterocycles. The molecule has 88 valence electrons. The topological polar surface area (TPSA) is 47.8 Å². The van der Waals surface area contributed by atoms with Crippen LogP contribution in [0.15, 0.2) is 24.4 Å². The Labute approximate surface area is 104 Å². The summed E-state index contributed by atoms with van der Waals surface area (Å²) in [6.07, 6.45) is 1.98. The molecule has 17 heavy (non-hydrogen) atoms. The van der Waals surface area contributed by atoms with E-state index in [2.05, 4.69) is 10.3 Å². The minimum atomic E-state index is 0.00509. The van der Waals surface area contributed by atoms with E-state index < -0.39 is 0 Å². The standard InChI is InChI=1S/C12H12ClN3O/c1-8-3-4-9(13)5-11(8)12(17)6-10-7-16(2)15-14-10/h3-5,7H,6H2,1-2H3. The third-order valence-electron chi connectivity index (χ3n) is 2.49. The van der Waals surface area contributed by atoms with Gasteiger partial charge in [-0.25, -0.2) is 0 Å². The SMILES string of the molecule is Cc1ccc(Cl)cc1C(=O)Cc1cn(C)nn1. The van der Waals surface area contributed by atoms with Crippen LogP contribution in [0, 0.1) is 6.92 Å². The molecule has 0 radical (unpaired) electrons. The second-order valence-electron chi connectivity index (χ2n) is 3.94. The fourth-order valence-electron chi connectivity index (χ4n) is 1.63. The number of nitrogens with zero attached hydrogens (tertiary/aromatic N) is 3. The van der Waals surface area contributed by atoms with E-state index in [0.29, 0.717) is 16.3 Å². The van der Waals surface area contributed by atoms with E-state index in [1.165, 1.54) is 0 Å². The number of carbonyl (C=O) groups excluding carboxylic acids is 1. The van der Waals surface area contributed by atoms with E-state index in [1.54, 1.807) is 30.1 Å². The molecule has 0 atom stereocenters. The molecular weight excluding hydrogens is 238 g/mol. The second-order valence-corrected chi connectivity index (χ2v) is 4.38. The normalized spacial score (nSPS) is 10.5. The molecule has 5 heteroatoms. The summed E-state index contributed by atoms with van der Waals surface area (Å²) < 4.78 is 1.58. The molecule has 1 heterocycles. The van der Waals surface area contributed by atoms with Crippen LogP contribution in [0.2, 0.25) is 5.02 Å². The largest absolute Gasteiger partial charge is 0.294 e. The highest BCUT2D eigenvalue weighted by atomic mass is 35.5. The number of hydrogen-bond donors (Lipinski definition) is 0. The quantitative estimate of drug-likeness (QED) is 0.784. The first-order valence-corrected chi connectivity index (χ1v) is 5.58. The molecule has 0 unspecified atom stereocenters. The number of rotatable bonds is 3. The summed E-state index contributed by atoms with van der Waals surface area (Å²) in [7, 11) is 1.77. The molecule has 1 aromatic carbocycles. The van der Waals surface area contributed by atoms with Gasteiger partial charge in [-0.1, -0.05) is 22.9 Å².